The van der Waals surface area contributed by atoms with Crippen LogP contribution in [-0.4, -0.2) is 15.7 Å². The van der Waals surface area contributed by atoms with Gasteiger partial charge in [0.2, 0.25) is 0 Å². The molecular weight excluding hydrogens is 290 g/mol. The van der Waals surface area contributed by atoms with Crippen molar-refractivity contribution >= 4 is 16.9 Å². The quantitative estimate of drug-likeness (QED) is 0.809. The number of carbonyl (C=O) groups is 1. The van der Waals surface area contributed by atoms with Crippen molar-refractivity contribution in [2.45, 2.75) is 32.2 Å². The van der Waals surface area contributed by atoms with Crippen molar-refractivity contribution in [3.05, 3.63) is 53.0 Å². The van der Waals surface area contributed by atoms with Crippen molar-refractivity contribution in [2.75, 3.05) is 0 Å². The van der Waals surface area contributed by atoms with E-state index in [2.05, 4.69) is 10.4 Å². The SMILES string of the molecule is Cn1nc(CNC(=O)c2cc3ccccc3o2)c2c1CCCC2. The molecule has 0 atom stereocenters. The monoisotopic (exact) mass is 309 g/mol. The first-order valence-corrected chi connectivity index (χ1v) is 8.03. The van der Waals surface area contributed by atoms with E-state index in [1.54, 1.807) is 6.07 Å². The lowest BCUT2D eigenvalue weighted by Crippen LogP contribution is -2.23. The highest BCUT2D eigenvalue weighted by Gasteiger charge is 2.20. The molecule has 0 aliphatic heterocycles. The second-order valence-electron chi connectivity index (χ2n) is 6.03. The molecule has 118 valence electrons. The third-order valence-electron chi connectivity index (χ3n) is 4.51. The summed E-state index contributed by atoms with van der Waals surface area (Å²) in [4.78, 5) is 12.3. The van der Waals surface area contributed by atoms with E-state index in [1.807, 2.05) is 36.0 Å². The fourth-order valence-electron chi connectivity index (χ4n) is 3.35. The van der Waals surface area contributed by atoms with Gasteiger partial charge in [-0.05, 0) is 43.4 Å². The molecule has 23 heavy (non-hydrogen) atoms. The average Bonchev–Trinajstić information content (AvgIpc) is 3.15. The average molecular weight is 309 g/mol. The summed E-state index contributed by atoms with van der Waals surface area (Å²) >= 11 is 0. The van der Waals surface area contributed by atoms with Crippen LogP contribution >= 0.6 is 0 Å². The van der Waals surface area contributed by atoms with Gasteiger partial charge in [0, 0.05) is 18.1 Å². The molecule has 5 heteroatoms. The number of furan rings is 1. The summed E-state index contributed by atoms with van der Waals surface area (Å²) in [6.07, 6.45) is 4.55. The van der Waals surface area contributed by atoms with Crippen molar-refractivity contribution < 1.29 is 9.21 Å². The first-order chi connectivity index (χ1) is 11.2. The first kappa shape index (κ1) is 14.1. The van der Waals surface area contributed by atoms with Gasteiger partial charge in [0.25, 0.3) is 5.91 Å². The van der Waals surface area contributed by atoms with Gasteiger partial charge in [-0.15, -0.1) is 0 Å². The van der Waals surface area contributed by atoms with Gasteiger partial charge >= 0.3 is 0 Å². The number of aromatic nitrogens is 2. The normalized spacial score (nSPS) is 14.0. The minimum Gasteiger partial charge on any atom is -0.451 e. The second kappa shape index (κ2) is 5.57. The highest BCUT2D eigenvalue weighted by molar-refractivity contribution is 5.96. The lowest BCUT2D eigenvalue weighted by molar-refractivity contribution is 0.0924. The van der Waals surface area contributed by atoms with Gasteiger partial charge in [-0.1, -0.05) is 18.2 Å². The Kier molecular flexibility index (Phi) is 3.41. The van der Waals surface area contributed by atoms with E-state index in [-0.39, 0.29) is 5.91 Å². The summed E-state index contributed by atoms with van der Waals surface area (Å²) in [5, 5.41) is 8.44. The number of nitrogens with one attached hydrogen (secondary N) is 1. The van der Waals surface area contributed by atoms with Crippen LogP contribution in [0.2, 0.25) is 0 Å². The zero-order valence-corrected chi connectivity index (χ0v) is 13.1. The number of hydrogen-bond donors (Lipinski definition) is 1. The Morgan fingerprint density at radius 1 is 1.30 bits per heavy atom. The number of benzene rings is 1. The van der Waals surface area contributed by atoms with Crippen molar-refractivity contribution in [1.29, 1.82) is 0 Å². The van der Waals surface area contributed by atoms with Crippen LogP contribution in [0, 0.1) is 0 Å². The molecule has 0 saturated heterocycles. The van der Waals surface area contributed by atoms with Crippen LogP contribution in [0.15, 0.2) is 34.7 Å². The molecule has 1 aromatic carbocycles. The molecule has 0 fully saturated rings. The van der Waals surface area contributed by atoms with Crippen molar-refractivity contribution in [3.8, 4) is 0 Å². The van der Waals surface area contributed by atoms with E-state index in [1.165, 1.54) is 24.1 Å². The maximum absolute atomic E-state index is 12.3. The van der Waals surface area contributed by atoms with Gasteiger partial charge in [-0.25, -0.2) is 0 Å². The highest BCUT2D eigenvalue weighted by atomic mass is 16.3. The third-order valence-corrected chi connectivity index (χ3v) is 4.51. The Bertz CT molecular complexity index is 843. The number of hydrogen-bond acceptors (Lipinski definition) is 3. The maximum Gasteiger partial charge on any atom is 0.287 e. The van der Waals surface area contributed by atoms with E-state index in [0.29, 0.717) is 12.3 Å². The lowest BCUT2D eigenvalue weighted by atomic mass is 9.96. The van der Waals surface area contributed by atoms with Gasteiger partial charge < -0.3 is 9.73 Å². The molecule has 0 saturated carbocycles. The zero-order valence-electron chi connectivity index (χ0n) is 13.1. The van der Waals surface area contributed by atoms with Gasteiger partial charge in [0.1, 0.15) is 5.58 Å². The lowest BCUT2D eigenvalue weighted by Gasteiger charge is -2.12. The van der Waals surface area contributed by atoms with Crippen molar-refractivity contribution in [2.24, 2.45) is 7.05 Å². The molecule has 1 aliphatic rings. The summed E-state index contributed by atoms with van der Waals surface area (Å²) in [5.74, 6) is 0.146. The maximum atomic E-state index is 12.3. The second-order valence-corrected chi connectivity index (χ2v) is 6.03. The molecule has 0 bridgehead atoms. The van der Waals surface area contributed by atoms with Crippen LogP contribution in [0.5, 0.6) is 0 Å². The van der Waals surface area contributed by atoms with E-state index in [0.717, 1.165) is 29.5 Å². The Hall–Kier alpha value is -2.56. The third kappa shape index (κ3) is 2.52. The Labute approximate surface area is 134 Å². The Morgan fingerprint density at radius 2 is 2.13 bits per heavy atom. The Morgan fingerprint density at radius 3 is 3.00 bits per heavy atom. The highest BCUT2D eigenvalue weighted by Crippen LogP contribution is 2.24. The molecule has 0 radical (unpaired) electrons. The molecule has 1 aliphatic carbocycles. The van der Waals surface area contributed by atoms with Crippen LogP contribution in [0.3, 0.4) is 0 Å². The first-order valence-electron chi connectivity index (χ1n) is 8.03. The minimum atomic E-state index is -0.198. The number of aryl methyl sites for hydroxylation is 1. The topological polar surface area (TPSA) is 60.1 Å². The van der Waals surface area contributed by atoms with Gasteiger partial charge in [0.05, 0.1) is 12.2 Å². The standard InChI is InChI=1S/C18H19N3O2/c1-21-15-8-4-3-7-13(15)14(20-21)11-19-18(22)17-10-12-6-2-5-9-16(12)23-17/h2,5-6,9-10H,3-4,7-8,11H2,1H3,(H,19,22). The number of amides is 1. The molecule has 2 aromatic heterocycles. The van der Waals surface area contributed by atoms with Crippen molar-refractivity contribution in [3.63, 3.8) is 0 Å². The predicted molar refractivity (Wildman–Crippen MR) is 87.2 cm³/mol. The van der Waals surface area contributed by atoms with Crippen LogP contribution in [0.4, 0.5) is 0 Å². The molecule has 4 rings (SSSR count). The van der Waals surface area contributed by atoms with Gasteiger partial charge in [0.15, 0.2) is 5.76 Å². The van der Waals surface area contributed by atoms with Gasteiger partial charge in [-0.3, -0.25) is 9.48 Å². The van der Waals surface area contributed by atoms with E-state index < -0.39 is 0 Å². The molecule has 0 spiro atoms. The molecule has 0 unspecified atom stereocenters. The Balaban J connectivity index is 1.51. The molecule has 2 heterocycles. The number of fused-ring (bicyclic) bond motifs is 2. The van der Waals surface area contributed by atoms with Gasteiger partial charge in [-0.2, -0.15) is 5.10 Å². The van der Waals surface area contributed by atoms with E-state index in [4.69, 9.17) is 4.42 Å². The molecule has 5 nitrogen and oxygen atoms in total. The number of para-hydroxylation sites is 1. The molecular formula is C18H19N3O2. The van der Waals surface area contributed by atoms with Crippen LogP contribution in [0.1, 0.15) is 40.3 Å². The smallest absolute Gasteiger partial charge is 0.287 e. The molecule has 3 aromatic rings. The minimum absolute atomic E-state index is 0.198. The fraction of sp³-hybridized carbons (Fsp3) is 0.333. The van der Waals surface area contributed by atoms with E-state index in [9.17, 15) is 4.79 Å². The summed E-state index contributed by atoms with van der Waals surface area (Å²) < 4.78 is 7.55. The zero-order chi connectivity index (χ0) is 15.8. The number of rotatable bonds is 3. The molecule has 1 N–H and O–H groups in total. The summed E-state index contributed by atoms with van der Waals surface area (Å²) in [6.45, 7) is 0.444. The van der Waals surface area contributed by atoms with Crippen LogP contribution < -0.4 is 5.32 Å². The fourth-order valence-corrected chi connectivity index (χ4v) is 3.35. The largest absolute Gasteiger partial charge is 0.451 e. The predicted octanol–water partition coefficient (Wildman–Crippen LogP) is 2.98. The van der Waals surface area contributed by atoms with E-state index >= 15 is 0 Å². The summed E-state index contributed by atoms with van der Waals surface area (Å²) in [7, 11) is 1.98. The van der Waals surface area contributed by atoms with Crippen LogP contribution in [0.25, 0.3) is 11.0 Å². The number of nitrogens with zero attached hydrogens (tertiary/aromatic N) is 2. The number of carbonyl (C=O) groups excluding carboxylic acids is 1. The summed E-state index contributed by atoms with van der Waals surface area (Å²) in [6, 6.07) is 9.40. The van der Waals surface area contributed by atoms with Crippen LogP contribution in [-0.2, 0) is 26.4 Å². The molecule has 1 amide bonds. The van der Waals surface area contributed by atoms with Crippen molar-refractivity contribution in [1.82, 2.24) is 15.1 Å². The summed E-state index contributed by atoms with van der Waals surface area (Å²) in [5.41, 5.74) is 4.33.